The summed E-state index contributed by atoms with van der Waals surface area (Å²) in [6, 6.07) is 0. The van der Waals surface area contributed by atoms with E-state index in [1.165, 1.54) is 88.4 Å². The van der Waals surface area contributed by atoms with E-state index in [1.807, 2.05) is 0 Å². The molecule has 1 amide bonds. The van der Waals surface area contributed by atoms with Gasteiger partial charge in [0.25, 0.3) is 0 Å². The van der Waals surface area contributed by atoms with E-state index in [1.54, 1.807) is 7.05 Å². The lowest BCUT2D eigenvalue weighted by atomic mass is 9.91. The summed E-state index contributed by atoms with van der Waals surface area (Å²) in [5.74, 6) is -0.496. The van der Waals surface area contributed by atoms with Gasteiger partial charge in [-0.3, -0.25) is 9.59 Å². The molecule has 0 saturated carbocycles. The summed E-state index contributed by atoms with van der Waals surface area (Å²) < 4.78 is 0. The zero-order chi connectivity index (χ0) is 23.2. The van der Waals surface area contributed by atoms with E-state index in [9.17, 15) is 9.59 Å². The summed E-state index contributed by atoms with van der Waals surface area (Å²) >= 11 is 0. The van der Waals surface area contributed by atoms with Crippen LogP contribution >= 0.6 is 0 Å². The first-order valence-electron chi connectivity index (χ1n) is 13.5. The summed E-state index contributed by atoms with van der Waals surface area (Å²) in [6.07, 6.45) is 22.0. The van der Waals surface area contributed by atoms with Crippen LogP contribution in [0.15, 0.2) is 0 Å². The van der Waals surface area contributed by atoms with Crippen molar-refractivity contribution in [2.45, 2.75) is 136 Å². The summed E-state index contributed by atoms with van der Waals surface area (Å²) in [7, 11) is 1.70. The van der Waals surface area contributed by atoms with Crippen LogP contribution in [0, 0.1) is 5.92 Å². The van der Waals surface area contributed by atoms with Gasteiger partial charge in [-0.05, 0) is 12.8 Å². The molecule has 1 unspecified atom stereocenters. The average molecular weight is 440 g/mol. The minimum Gasteiger partial charge on any atom is -0.395 e. The standard InChI is InChI=1S/C27H53NO3/c1-4-6-8-10-12-14-16-18-20-22-26(30)25(27(31)28(3)23-24-29)21-19-17-15-13-11-9-7-5-2/h25,29H,4-24H2,1-3H3. The van der Waals surface area contributed by atoms with E-state index in [2.05, 4.69) is 13.8 Å². The van der Waals surface area contributed by atoms with E-state index >= 15 is 0 Å². The second-order valence-electron chi connectivity index (χ2n) is 9.34. The van der Waals surface area contributed by atoms with E-state index in [-0.39, 0.29) is 18.3 Å². The third-order valence-electron chi connectivity index (χ3n) is 6.37. The van der Waals surface area contributed by atoms with Gasteiger partial charge in [-0.15, -0.1) is 0 Å². The molecule has 0 aromatic rings. The zero-order valence-corrected chi connectivity index (χ0v) is 21.1. The number of ketones is 1. The smallest absolute Gasteiger partial charge is 0.232 e. The normalized spacial score (nSPS) is 12.1. The Bertz CT molecular complexity index is 425. The van der Waals surface area contributed by atoms with E-state index in [4.69, 9.17) is 5.11 Å². The van der Waals surface area contributed by atoms with Crippen molar-refractivity contribution in [3.8, 4) is 0 Å². The van der Waals surface area contributed by atoms with Gasteiger partial charge in [0.2, 0.25) is 5.91 Å². The molecule has 0 aromatic carbocycles. The minimum atomic E-state index is -0.509. The molecule has 0 aromatic heterocycles. The quantitative estimate of drug-likeness (QED) is 0.137. The largest absolute Gasteiger partial charge is 0.395 e. The highest BCUT2D eigenvalue weighted by Crippen LogP contribution is 2.19. The van der Waals surface area contributed by atoms with E-state index < -0.39 is 5.92 Å². The Balaban J connectivity index is 4.21. The number of Topliss-reactive ketones (excluding diaryl/α,β-unsaturated/α-hetero) is 1. The fourth-order valence-electron chi connectivity index (χ4n) is 4.21. The van der Waals surface area contributed by atoms with Crippen LogP contribution in [0.5, 0.6) is 0 Å². The minimum absolute atomic E-state index is 0.0564. The van der Waals surface area contributed by atoms with Crippen molar-refractivity contribution in [3.05, 3.63) is 0 Å². The van der Waals surface area contributed by atoms with Crippen LogP contribution in [-0.2, 0) is 9.59 Å². The van der Waals surface area contributed by atoms with Crippen molar-refractivity contribution in [1.29, 1.82) is 0 Å². The number of hydrogen-bond donors (Lipinski definition) is 1. The Labute approximate surface area is 193 Å². The van der Waals surface area contributed by atoms with Crippen LogP contribution in [0.4, 0.5) is 0 Å². The number of carbonyl (C=O) groups excluding carboxylic acids is 2. The maximum atomic E-state index is 12.8. The highest BCUT2D eigenvalue weighted by atomic mass is 16.3. The van der Waals surface area contributed by atoms with Crippen LogP contribution in [0.3, 0.4) is 0 Å². The second kappa shape index (κ2) is 22.3. The first-order chi connectivity index (χ1) is 15.1. The first kappa shape index (κ1) is 30.1. The van der Waals surface area contributed by atoms with Gasteiger partial charge in [-0.25, -0.2) is 0 Å². The molecule has 0 bridgehead atoms. The molecule has 0 heterocycles. The molecule has 0 aliphatic rings. The van der Waals surface area contributed by atoms with Crippen LogP contribution in [0.2, 0.25) is 0 Å². The van der Waals surface area contributed by atoms with Gasteiger partial charge in [0.05, 0.1) is 12.5 Å². The zero-order valence-electron chi connectivity index (χ0n) is 21.1. The number of nitrogens with zero attached hydrogens (tertiary/aromatic N) is 1. The fourth-order valence-corrected chi connectivity index (χ4v) is 4.21. The number of unbranched alkanes of at least 4 members (excludes halogenated alkanes) is 15. The highest BCUT2D eigenvalue weighted by Gasteiger charge is 2.27. The molecule has 1 N–H and O–H groups in total. The van der Waals surface area contributed by atoms with Crippen molar-refractivity contribution in [3.63, 3.8) is 0 Å². The Morgan fingerprint density at radius 2 is 1.10 bits per heavy atom. The lowest BCUT2D eigenvalue weighted by Gasteiger charge is -2.22. The Morgan fingerprint density at radius 1 is 0.677 bits per heavy atom. The first-order valence-corrected chi connectivity index (χ1v) is 13.5. The molecule has 184 valence electrons. The van der Waals surface area contributed by atoms with Crippen molar-refractivity contribution in [2.75, 3.05) is 20.2 Å². The van der Waals surface area contributed by atoms with Crippen molar-refractivity contribution < 1.29 is 14.7 Å². The second-order valence-corrected chi connectivity index (χ2v) is 9.34. The van der Waals surface area contributed by atoms with Gasteiger partial charge in [0.1, 0.15) is 5.78 Å². The predicted octanol–water partition coefficient (Wildman–Crippen LogP) is 7.07. The molecule has 4 heteroatoms. The van der Waals surface area contributed by atoms with Crippen molar-refractivity contribution in [1.82, 2.24) is 4.90 Å². The number of hydrogen-bond acceptors (Lipinski definition) is 3. The molecule has 0 fully saturated rings. The number of rotatable bonds is 23. The SMILES string of the molecule is CCCCCCCCCCCC(=O)C(CCCCCCCCCC)C(=O)N(C)CCO. The summed E-state index contributed by atoms with van der Waals surface area (Å²) in [4.78, 5) is 27.1. The van der Waals surface area contributed by atoms with Crippen molar-refractivity contribution in [2.24, 2.45) is 5.92 Å². The molecule has 0 radical (unpaired) electrons. The Kier molecular flexibility index (Phi) is 21.7. The molecule has 0 spiro atoms. The van der Waals surface area contributed by atoms with Crippen LogP contribution < -0.4 is 0 Å². The molecule has 4 nitrogen and oxygen atoms in total. The fraction of sp³-hybridized carbons (Fsp3) is 0.926. The van der Waals surface area contributed by atoms with Gasteiger partial charge in [0.15, 0.2) is 0 Å². The third-order valence-corrected chi connectivity index (χ3v) is 6.37. The van der Waals surface area contributed by atoms with Gasteiger partial charge in [0, 0.05) is 20.0 Å². The third kappa shape index (κ3) is 17.3. The summed E-state index contributed by atoms with van der Waals surface area (Å²) in [5, 5.41) is 9.15. The molecule has 1 atom stereocenters. The number of amides is 1. The van der Waals surface area contributed by atoms with E-state index in [0.29, 0.717) is 19.4 Å². The van der Waals surface area contributed by atoms with Gasteiger partial charge < -0.3 is 10.0 Å². The maximum absolute atomic E-state index is 12.8. The number of aliphatic hydroxyl groups excluding tert-OH is 1. The predicted molar refractivity (Wildman–Crippen MR) is 132 cm³/mol. The summed E-state index contributed by atoms with van der Waals surface area (Å²) in [5.41, 5.74) is 0. The number of carbonyl (C=O) groups is 2. The topological polar surface area (TPSA) is 57.6 Å². The van der Waals surface area contributed by atoms with Crippen LogP contribution in [0.25, 0.3) is 0 Å². The van der Waals surface area contributed by atoms with E-state index in [0.717, 1.165) is 25.7 Å². The molecule has 31 heavy (non-hydrogen) atoms. The Hall–Kier alpha value is -0.900. The average Bonchev–Trinajstić information content (AvgIpc) is 2.76. The lowest BCUT2D eigenvalue weighted by molar-refractivity contribution is -0.141. The summed E-state index contributed by atoms with van der Waals surface area (Å²) in [6.45, 7) is 4.72. The van der Waals surface area contributed by atoms with Gasteiger partial charge in [-0.1, -0.05) is 117 Å². The number of aliphatic hydroxyl groups is 1. The molecule has 0 rings (SSSR count). The maximum Gasteiger partial charge on any atom is 0.232 e. The van der Waals surface area contributed by atoms with Crippen molar-refractivity contribution >= 4 is 11.7 Å². The highest BCUT2D eigenvalue weighted by molar-refractivity contribution is 6.01. The number of likely N-dealkylation sites (N-methyl/N-ethyl adjacent to an activating group) is 1. The van der Waals surface area contributed by atoms with Crippen LogP contribution in [-0.4, -0.2) is 41.9 Å². The Morgan fingerprint density at radius 3 is 1.55 bits per heavy atom. The lowest BCUT2D eigenvalue weighted by Crippen LogP contribution is -2.38. The molecule has 0 aliphatic carbocycles. The van der Waals surface area contributed by atoms with Gasteiger partial charge >= 0.3 is 0 Å². The molecule has 0 saturated heterocycles. The monoisotopic (exact) mass is 439 g/mol. The molecular weight excluding hydrogens is 386 g/mol. The molecule has 0 aliphatic heterocycles. The van der Waals surface area contributed by atoms with Gasteiger partial charge in [-0.2, -0.15) is 0 Å². The molecular formula is C27H53NO3. The van der Waals surface area contributed by atoms with Crippen LogP contribution in [0.1, 0.15) is 136 Å².